The van der Waals surface area contributed by atoms with Crippen molar-refractivity contribution in [2.45, 2.75) is 13.1 Å². The number of aromatic nitrogens is 2. The SMILES string of the molecule is CS(=O)(=O)NCc1cccc(CNC(=O)c2cnc(-c3cccc(F)c3)nc2)c1. The topological polar surface area (TPSA) is 101 Å². The lowest BCUT2D eigenvalue weighted by Gasteiger charge is -2.08. The summed E-state index contributed by atoms with van der Waals surface area (Å²) >= 11 is 0. The summed E-state index contributed by atoms with van der Waals surface area (Å²) in [4.78, 5) is 20.6. The highest BCUT2D eigenvalue weighted by Gasteiger charge is 2.09. The third kappa shape index (κ3) is 6.16. The Balaban J connectivity index is 1.61. The van der Waals surface area contributed by atoms with Gasteiger partial charge < -0.3 is 5.32 Å². The molecule has 2 aromatic carbocycles. The van der Waals surface area contributed by atoms with Crippen molar-refractivity contribution in [2.75, 3.05) is 6.26 Å². The Labute approximate surface area is 168 Å². The first-order chi connectivity index (χ1) is 13.8. The fourth-order valence-electron chi connectivity index (χ4n) is 2.57. The number of carbonyl (C=O) groups is 1. The van der Waals surface area contributed by atoms with Crippen LogP contribution in [0.3, 0.4) is 0 Å². The highest BCUT2D eigenvalue weighted by atomic mass is 32.2. The smallest absolute Gasteiger partial charge is 0.254 e. The Kier molecular flexibility index (Phi) is 6.30. The number of halogens is 1. The van der Waals surface area contributed by atoms with Gasteiger partial charge in [-0.05, 0) is 23.3 Å². The van der Waals surface area contributed by atoms with E-state index in [1.807, 2.05) is 12.1 Å². The minimum Gasteiger partial charge on any atom is -0.348 e. The van der Waals surface area contributed by atoms with Crippen molar-refractivity contribution in [3.63, 3.8) is 0 Å². The number of hydrogen-bond donors (Lipinski definition) is 2. The third-order valence-corrected chi connectivity index (χ3v) is 4.65. The van der Waals surface area contributed by atoms with Gasteiger partial charge in [0.05, 0.1) is 11.8 Å². The van der Waals surface area contributed by atoms with E-state index >= 15 is 0 Å². The molecule has 0 unspecified atom stereocenters. The van der Waals surface area contributed by atoms with E-state index in [1.165, 1.54) is 24.5 Å². The van der Waals surface area contributed by atoms with Crippen molar-refractivity contribution in [1.82, 2.24) is 20.0 Å². The van der Waals surface area contributed by atoms with E-state index in [2.05, 4.69) is 20.0 Å². The molecule has 0 aliphatic carbocycles. The van der Waals surface area contributed by atoms with Gasteiger partial charge in [0.15, 0.2) is 5.82 Å². The first-order valence-electron chi connectivity index (χ1n) is 8.69. The van der Waals surface area contributed by atoms with E-state index in [9.17, 15) is 17.6 Å². The molecule has 1 heterocycles. The maximum Gasteiger partial charge on any atom is 0.254 e. The molecule has 150 valence electrons. The number of hydrogen-bond acceptors (Lipinski definition) is 5. The molecular weight excluding hydrogens is 395 g/mol. The molecule has 9 heteroatoms. The van der Waals surface area contributed by atoms with Crippen LogP contribution in [0, 0.1) is 5.82 Å². The molecular formula is C20H19FN4O3S. The highest BCUT2D eigenvalue weighted by molar-refractivity contribution is 7.88. The van der Waals surface area contributed by atoms with Gasteiger partial charge in [0.1, 0.15) is 5.82 Å². The lowest BCUT2D eigenvalue weighted by Crippen LogP contribution is -2.23. The predicted molar refractivity (Wildman–Crippen MR) is 107 cm³/mol. The van der Waals surface area contributed by atoms with Crippen LogP contribution in [0.5, 0.6) is 0 Å². The van der Waals surface area contributed by atoms with Gasteiger partial charge in [0.25, 0.3) is 5.91 Å². The zero-order valence-electron chi connectivity index (χ0n) is 15.6. The van der Waals surface area contributed by atoms with Crippen molar-refractivity contribution < 1.29 is 17.6 Å². The first kappa shape index (κ1) is 20.6. The summed E-state index contributed by atoms with van der Waals surface area (Å²) < 4.78 is 38.1. The zero-order chi connectivity index (χ0) is 20.9. The lowest BCUT2D eigenvalue weighted by atomic mass is 10.1. The quantitative estimate of drug-likeness (QED) is 0.618. The second-order valence-corrected chi connectivity index (χ2v) is 8.23. The predicted octanol–water partition coefficient (Wildman–Crippen LogP) is 2.26. The number of amides is 1. The van der Waals surface area contributed by atoms with Crippen LogP contribution in [-0.4, -0.2) is 30.5 Å². The van der Waals surface area contributed by atoms with Gasteiger partial charge in [-0.1, -0.05) is 36.4 Å². The van der Waals surface area contributed by atoms with Crippen LogP contribution in [0.4, 0.5) is 4.39 Å². The van der Waals surface area contributed by atoms with Gasteiger partial charge in [-0.2, -0.15) is 0 Å². The Bertz CT molecular complexity index is 1120. The van der Waals surface area contributed by atoms with Crippen molar-refractivity contribution in [3.8, 4) is 11.4 Å². The number of nitrogens with zero attached hydrogens (tertiary/aromatic N) is 2. The van der Waals surface area contributed by atoms with E-state index in [1.54, 1.807) is 24.3 Å². The average Bonchev–Trinajstić information content (AvgIpc) is 2.70. The third-order valence-electron chi connectivity index (χ3n) is 3.98. The van der Waals surface area contributed by atoms with Crippen LogP contribution in [0.1, 0.15) is 21.5 Å². The van der Waals surface area contributed by atoms with Crippen LogP contribution in [0.2, 0.25) is 0 Å². The standard InChI is InChI=1S/C20H19FN4O3S/c1-29(27,28)25-11-15-5-2-4-14(8-15)10-24-20(26)17-12-22-19(23-13-17)16-6-3-7-18(21)9-16/h2-9,12-13,25H,10-11H2,1H3,(H,24,26). The number of rotatable bonds is 7. The van der Waals surface area contributed by atoms with E-state index in [0.717, 1.165) is 17.4 Å². The van der Waals surface area contributed by atoms with Gasteiger partial charge in [0.2, 0.25) is 10.0 Å². The highest BCUT2D eigenvalue weighted by Crippen LogP contribution is 2.15. The molecule has 1 aromatic heterocycles. The maximum absolute atomic E-state index is 13.3. The minimum absolute atomic E-state index is 0.177. The zero-order valence-corrected chi connectivity index (χ0v) is 16.4. The molecule has 0 aliphatic rings. The molecule has 0 radical (unpaired) electrons. The summed E-state index contributed by atoms with van der Waals surface area (Å²) in [5.74, 6) is -0.413. The maximum atomic E-state index is 13.3. The fraction of sp³-hybridized carbons (Fsp3) is 0.150. The van der Waals surface area contributed by atoms with Gasteiger partial charge >= 0.3 is 0 Å². The van der Waals surface area contributed by atoms with Crippen molar-refractivity contribution >= 4 is 15.9 Å². The lowest BCUT2D eigenvalue weighted by molar-refractivity contribution is 0.0950. The Morgan fingerprint density at radius 3 is 2.31 bits per heavy atom. The summed E-state index contributed by atoms with van der Waals surface area (Å²) in [6.45, 7) is 0.438. The molecule has 2 N–H and O–H groups in total. The largest absolute Gasteiger partial charge is 0.348 e. The van der Waals surface area contributed by atoms with E-state index in [4.69, 9.17) is 0 Å². The average molecular weight is 414 g/mol. The molecule has 3 aromatic rings. The van der Waals surface area contributed by atoms with Crippen molar-refractivity contribution in [3.05, 3.63) is 83.4 Å². The number of carbonyl (C=O) groups excluding carboxylic acids is 1. The summed E-state index contributed by atoms with van der Waals surface area (Å²) in [7, 11) is -3.28. The summed E-state index contributed by atoms with van der Waals surface area (Å²) in [5.41, 5.74) is 2.41. The Morgan fingerprint density at radius 2 is 1.66 bits per heavy atom. The van der Waals surface area contributed by atoms with Crippen molar-refractivity contribution in [2.24, 2.45) is 0 Å². The Morgan fingerprint density at radius 1 is 1.00 bits per heavy atom. The van der Waals surface area contributed by atoms with E-state index < -0.39 is 10.0 Å². The monoisotopic (exact) mass is 414 g/mol. The minimum atomic E-state index is -3.28. The Hall–Kier alpha value is -3.17. The normalized spacial score (nSPS) is 11.2. The van der Waals surface area contributed by atoms with Crippen LogP contribution >= 0.6 is 0 Å². The molecule has 29 heavy (non-hydrogen) atoms. The summed E-state index contributed by atoms with van der Waals surface area (Å²) in [6.07, 6.45) is 3.86. The molecule has 1 amide bonds. The van der Waals surface area contributed by atoms with Crippen LogP contribution in [0.15, 0.2) is 60.9 Å². The van der Waals surface area contributed by atoms with Crippen LogP contribution < -0.4 is 10.0 Å². The second-order valence-electron chi connectivity index (χ2n) is 6.40. The van der Waals surface area contributed by atoms with Crippen LogP contribution in [0.25, 0.3) is 11.4 Å². The molecule has 0 saturated heterocycles. The van der Waals surface area contributed by atoms with Gasteiger partial charge in [-0.25, -0.2) is 27.5 Å². The van der Waals surface area contributed by atoms with Crippen molar-refractivity contribution in [1.29, 1.82) is 0 Å². The summed E-state index contributed by atoms with van der Waals surface area (Å²) in [6, 6.07) is 13.1. The van der Waals surface area contributed by atoms with Gasteiger partial charge in [0, 0.05) is 31.0 Å². The molecule has 0 spiro atoms. The fourth-order valence-corrected chi connectivity index (χ4v) is 3.00. The van der Waals surface area contributed by atoms with Gasteiger partial charge in [-0.3, -0.25) is 4.79 Å². The molecule has 0 saturated carbocycles. The number of sulfonamides is 1. The van der Waals surface area contributed by atoms with E-state index in [0.29, 0.717) is 11.4 Å². The van der Waals surface area contributed by atoms with E-state index in [-0.39, 0.29) is 30.4 Å². The molecule has 0 bridgehead atoms. The molecule has 0 aliphatic heterocycles. The van der Waals surface area contributed by atoms with Crippen LogP contribution in [-0.2, 0) is 23.1 Å². The number of benzene rings is 2. The molecule has 0 fully saturated rings. The molecule has 3 rings (SSSR count). The molecule has 7 nitrogen and oxygen atoms in total. The van der Waals surface area contributed by atoms with Gasteiger partial charge in [-0.15, -0.1) is 0 Å². The molecule has 0 atom stereocenters. The number of nitrogens with one attached hydrogen (secondary N) is 2. The summed E-state index contributed by atoms with van der Waals surface area (Å²) in [5, 5.41) is 2.77. The first-order valence-corrected chi connectivity index (χ1v) is 10.6. The second kappa shape index (κ2) is 8.89.